The first-order valence-electron chi connectivity index (χ1n) is 13.1. The molecule has 9 heteroatoms. The van der Waals surface area contributed by atoms with E-state index in [4.69, 9.17) is 0 Å². The zero-order chi connectivity index (χ0) is 25.9. The van der Waals surface area contributed by atoms with E-state index in [-0.39, 0.29) is 18.7 Å². The molecule has 37 heavy (non-hydrogen) atoms. The number of benzene rings is 2. The van der Waals surface area contributed by atoms with Gasteiger partial charge in [0.15, 0.2) is 0 Å². The van der Waals surface area contributed by atoms with Crippen molar-refractivity contribution in [1.82, 2.24) is 25.2 Å². The second-order valence-electron chi connectivity index (χ2n) is 10.5. The van der Waals surface area contributed by atoms with Crippen LogP contribution in [0.4, 0.5) is 5.69 Å². The SMILES string of the molecule is CC(C)C1CCN(Cc2ccc(CNc3cccc4nnn(C5CCC(=O)NC5=O)c(=O)c34)cc2)CC1. The number of fused-ring (bicyclic) bond motifs is 1. The highest BCUT2D eigenvalue weighted by Gasteiger charge is 2.30. The highest BCUT2D eigenvalue weighted by Crippen LogP contribution is 2.26. The minimum atomic E-state index is -0.848. The average molecular weight is 503 g/mol. The molecule has 9 nitrogen and oxygen atoms in total. The van der Waals surface area contributed by atoms with Crippen LogP contribution in [0.5, 0.6) is 0 Å². The van der Waals surface area contributed by atoms with Crippen LogP contribution in [0.15, 0.2) is 47.3 Å². The number of imide groups is 1. The van der Waals surface area contributed by atoms with Gasteiger partial charge in [-0.25, -0.2) is 0 Å². The lowest BCUT2D eigenvalue weighted by Gasteiger charge is -2.33. The van der Waals surface area contributed by atoms with Gasteiger partial charge in [0.05, 0.1) is 5.39 Å². The summed E-state index contributed by atoms with van der Waals surface area (Å²) in [5.41, 5.74) is 3.09. The third kappa shape index (κ3) is 5.56. The van der Waals surface area contributed by atoms with E-state index in [0.717, 1.165) is 41.7 Å². The summed E-state index contributed by atoms with van der Waals surface area (Å²) in [6, 6.07) is 13.1. The fraction of sp³-hybridized carbons (Fsp3) is 0.464. The second-order valence-corrected chi connectivity index (χ2v) is 10.5. The summed E-state index contributed by atoms with van der Waals surface area (Å²) < 4.78 is 1.09. The van der Waals surface area contributed by atoms with Crippen molar-refractivity contribution in [3.63, 3.8) is 0 Å². The summed E-state index contributed by atoms with van der Waals surface area (Å²) in [5.74, 6) is 0.745. The largest absolute Gasteiger partial charge is 0.380 e. The second kappa shape index (κ2) is 10.8. The number of nitrogens with zero attached hydrogens (tertiary/aromatic N) is 4. The molecule has 2 aliphatic rings. The van der Waals surface area contributed by atoms with E-state index in [9.17, 15) is 14.4 Å². The van der Waals surface area contributed by atoms with Gasteiger partial charge in [0.25, 0.3) is 11.5 Å². The minimum absolute atomic E-state index is 0.161. The van der Waals surface area contributed by atoms with Crippen LogP contribution in [0.25, 0.3) is 10.9 Å². The molecule has 2 fully saturated rings. The first kappa shape index (κ1) is 25.1. The van der Waals surface area contributed by atoms with Gasteiger partial charge in [0.2, 0.25) is 5.91 Å². The molecule has 1 unspecified atom stereocenters. The maximum Gasteiger partial charge on any atom is 0.280 e. The van der Waals surface area contributed by atoms with Crippen molar-refractivity contribution < 1.29 is 9.59 Å². The maximum atomic E-state index is 13.3. The fourth-order valence-electron chi connectivity index (χ4n) is 5.36. The third-order valence-electron chi connectivity index (χ3n) is 7.71. The van der Waals surface area contributed by atoms with Crippen LogP contribution in [-0.4, -0.2) is 44.8 Å². The number of piperidine rings is 2. The lowest BCUT2D eigenvalue weighted by Crippen LogP contribution is -2.45. The van der Waals surface area contributed by atoms with E-state index in [1.54, 1.807) is 6.07 Å². The fourth-order valence-corrected chi connectivity index (χ4v) is 5.36. The van der Waals surface area contributed by atoms with E-state index in [1.807, 2.05) is 12.1 Å². The van der Waals surface area contributed by atoms with Crippen LogP contribution in [-0.2, 0) is 22.7 Å². The first-order valence-corrected chi connectivity index (χ1v) is 13.1. The number of aromatic nitrogens is 3. The first-order chi connectivity index (χ1) is 17.9. The van der Waals surface area contributed by atoms with Crippen LogP contribution >= 0.6 is 0 Å². The number of rotatable bonds is 7. The van der Waals surface area contributed by atoms with Crippen molar-refractivity contribution in [2.45, 2.75) is 58.7 Å². The van der Waals surface area contributed by atoms with Crippen LogP contribution in [0.1, 0.15) is 56.7 Å². The molecule has 0 bridgehead atoms. The standard InChI is InChI=1S/C28H34N6O3/c1-18(2)21-12-14-33(15-13-21)17-20-8-6-19(7-9-20)16-29-22-4-3-5-23-26(22)28(37)34(32-31-23)24-10-11-25(35)30-27(24)36/h3-9,18,21,24,29H,10-17H2,1-2H3,(H,30,35,36). The molecule has 0 spiro atoms. The van der Waals surface area contributed by atoms with Gasteiger partial charge in [0.1, 0.15) is 11.6 Å². The number of carbonyl (C=O) groups excluding carboxylic acids is 2. The van der Waals surface area contributed by atoms with E-state index >= 15 is 0 Å². The Hall–Kier alpha value is -3.59. The number of nitrogens with one attached hydrogen (secondary N) is 2. The van der Waals surface area contributed by atoms with Crippen LogP contribution < -0.4 is 16.2 Å². The molecule has 0 aliphatic carbocycles. The molecule has 3 heterocycles. The Balaban J connectivity index is 1.26. The van der Waals surface area contributed by atoms with Crippen molar-refractivity contribution >= 4 is 28.4 Å². The Bertz CT molecular complexity index is 1340. The molecular formula is C28H34N6O3. The number of carbonyl (C=O) groups is 2. The quantitative estimate of drug-likeness (QED) is 0.477. The molecule has 0 radical (unpaired) electrons. The van der Waals surface area contributed by atoms with Crippen molar-refractivity contribution in [1.29, 1.82) is 0 Å². The van der Waals surface area contributed by atoms with Gasteiger partial charge < -0.3 is 5.32 Å². The van der Waals surface area contributed by atoms with Crippen molar-refractivity contribution in [3.8, 4) is 0 Å². The van der Waals surface area contributed by atoms with E-state index < -0.39 is 17.5 Å². The zero-order valence-electron chi connectivity index (χ0n) is 21.4. The van der Waals surface area contributed by atoms with Gasteiger partial charge in [-0.2, -0.15) is 4.68 Å². The van der Waals surface area contributed by atoms with Gasteiger partial charge in [-0.1, -0.05) is 49.4 Å². The maximum absolute atomic E-state index is 13.3. The van der Waals surface area contributed by atoms with E-state index in [0.29, 0.717) is 23.1 Å². The van der Waals surface area contributed by atoms with Gasteiger partial charge in [0, 0.05) is 25.2 Å². The minimum Gasteiger partial charge on any atom is -0.380 e. The van der Waals surface area contributed by atoms with Gasteiger partial charge in [-0.15, -0.1) is 5.10 Å². The van der Waals surface area contributed by atoms with Crippen LogP contribution in [0, 0.1) is 11.8 Å². The average Bonchev–Trinajstić information content (AvgIpc) is 2.89. The Morgan fingerprint density at radius 1 is 1.00 bits per heavy atom. The Morgan fingerprint density at radius 2 is 1.73 bits per heavy atom. The van der Waals surface area contributed by atoms with Gasteiger partial charge >= 0.3 is 0 Å². The highest BCUT2D eigenvalue weighted by atomic mass is 16.2. The predicted molar refractivity (Wildman–Crippen MR) is 142 cm³/mol. The van der Waals surface area contributed by atoms with Crippen molar-refractivity contribution in [2.75, 3.05) is 18.4 Å². The molecule has 1 aromatic heterocycles. The molecule has 2 amide bonds. The Kier molecular flexibility index (Phi) is 7.32. The summed E-state index contributed by atoms with van der Waals surface area (Å²) in [5, 5.41) is 14.2. The Labute approximate surface area is 216 Å². The monoisotopic (exact) mass is 502 g/mol. The predicted octanol–water partition coefficient (Wildman–Crippen LogP) is 3.25. The molecule has 2 aromatic carbocycles. The van der Waals surface area contributed by atoms with E-state index in [1.165, 1.54) is 18.4 Å². The summed E-state index contributed by atoms with van der Waals surface area (Å²) in [7, 11) is 0. The summed E-state index contributed by atoms with van der Waals surface area (Å²) >= 11 is 0. The van der Waals surface area contributed by atoms with Crippen molar-refractivity contribution in [2.24, 2.45) is 11.8 Å². The van der Waals surface area contributed by atoms with Crippen LogP contribution in [0.2, 0.25) is 0 Å². The lowest BCUT2D eigenvalue weighted by molar-refractivity contribution is -0.136. The number of anilines is 1. The van der Waals surface area contributed by atoms with Gasteiger partial charge in [-0.05, 0) is 67.4 Å². The summed E-state index contributed by atoms with van der Waals surface area (Å²) in [4.78, 5) is 39.7. The number of amides is 2. The molecule has 0 saturated carbocycles. The van der Waals surface area contributed by atoms with E-state index in [2.05, 4.69) is 64.0 Å². The lowest BCUT2D eigenvalue weighted by atomic mass is 9.86. The molecular weight excluding hydrogens is 468 g/mol. The molecule has 3 aromatic rings. The topological polar surface area (TPSA) is 109 Å². The zero-order valence-corrected chi connectivity index (χ0v) is 21.4. The molecule has 2 saturated heterocycles. The number of likely N-dealkylation sites (tertiary alicyclic amines) is 1. The van der Waals surface area contributed by atoms with Gasteiger partial charge in [-0.3, -0.25) is 24.6 Å². The molecule has 5 rings (SSSR count). The smallest absolute Gasteiger partial charge is 0.280 e. The molecule has 2 aliphatic heterocycles. The molecule has 2 N–H and O–H groups in total. The van der Waals surface area contributed by atoms with Crippen LogP contribution in [0.3, 0.4) is 0 Å². The number of hydrogen-bond acceptors (Lipinski definition) is 7. The molecule has 1 atom stereocenters. The molecule has 194 valence electrons. The third-order valence-corrected chi connectivity index (χ3v) is 7.71. The number of hydrogen-bond donors (Lipinski definition) is 2. The summed E-state index contributed by atoms with van der Waals surface area (Å²) in [6.07, 6.45) is 2.94. The highest BCUT2D eigenvalue weighted by molar-refractivity contribution is 5.99. The normalized spacial score (nSPS) is 19.4. The Morgan fingerprint density at radius 3 is 2.43 bits per heavy atom. The summed E-state index contributed by atoms with van der Waals surface area (Å²) in [6.45, 7) is 8.48. The van der Waals surface area contributed by atoms with Crippen molar-refractivity contribution in [3.05, 3.63) is 63.9 Å².